The van der Waals surface area contributed by atoms with Gasteiger partial charge in [0.15, 0.2) is 11.5 Å². The van der Waals surface area contributed by atoms with Crippen LogP contribution >= 0.6 is 0 Å². The van der Waals surface area contributed by atoms with Crippen molar-refractivity contribution < 1.29 is 33.4 Å². The van der Waals surface area contributed by atoms with Gasteiger partial charge in [-0.05, 0) is 42.2 Å². The molecule has 0 aromatic heterocycles. The van der Waals surface area contributed by atoms with Crippen LogP contribution in [-0.2, 0) is 33.4 Å². The number of Topliss-reactive ketones (excluding diaryl/α,β-unsaturated/α-hetero) is 2. The van der Waals surface area contributed by atoms with E-state index < -0.39 is 28.8 Å². The number of rotatable bonds is 3. The van der Waals surface area contributed by atoms with Crippen molar-refractivity contribution in [2.24, 2.45) is 39.9 Å². The van der Waals surface area contributed by atoms with Crippen LogP contribution < -0.4 is 0 Å². The van der Waals surface area contributed by atoms with Crippen molar-refractivity contribution in [1.82, 2.24) is 0 Å². The van der Waals surface area contributed by atoms with E-state index >= 15 is 0 Å². The Morgan fingerprint density at radius 2 is 1.85 bits per heavy atom. The second-order valence-electron chi connectivity index (χ2n) is 12.2. The third-order valence-corrected chi connectivity index (χ3v) is 8.78. The quantitative estimate of drug-likeness (QED) is 0.569. The molecule has 1 aliphatic heterocycles. The SMILES string of the molecule is COC1=C(C)[C@@H]2CC(=O)O[C@@H]3C[C@H]4[C@H](C)C=C(OC(=O)CC(C)(C)C)C(=O)[C@]4(C)[C@@H](C1=O)[C@@]32C. The largest absolute Gasteiger partial charge is 0.493 e. The van der Waals surface area contributed by atoms with E-state index in [1.807, 2.05) is 48.5 Å². The number of ether oxygens (including phenoxy) is 3. The van der Waals surface area contributed by atoms with Gasteiger partial charge in [0.25, 0.3) is 0 Å². The lowest BCUT2D eigenvalue weighted by Gasteiger charge is -2.64. The monoisotopic (exact) mass is 472 g/mol. The van der Waals surface area contributed by atoms with Crippen LogP contribution in [0.1, 0.15) is 67.7 Å². The first kappa shape index (κ1) is 24.7. The minimum absolute atomic E-state index is 0.0185. The molecule has 0 unspecified atom stereocenters. The maximum atomic E-state index is 14.1. The molecule has 34 heavy (non-hydrogen) atoms. The number of hydrogen-bond acceptors (Lipinski definition) is 7. The van der Waals surface area contributed by atoms with E-state index in [-0.39, 0.29) is 65.1 Å². The lowest BCUT2D eigenvalue weighted by atomic mass is 9.40. The fraction of sp³-hybridized carbons (Fsp3) is 0.704. The van der Waals surface area contributed by atoms with E-state index in [1.54, 1.807) is 6.08 Å². The van der Waals surface area contributed by atoms with E-state index in [0.717, 1.165) is 5.57 Å². The molecule has 2 fully saturated rings. The number of allylic oxidation sites excluding steroid dienone is 4. The number of carbonyl (C=O) groups excluding carboxylic acids is 4. The Morgan fingerprint density at radius 3 is 2.44 bits per heavy atom. The fourth-order valence-electron chi connectivity index (χ4n) is 7.32. The highest BCUT2D eigenvalue weighted by Gasteiger charge is 2.72. The average molecular weight is 473 g/mol. The van der Waals surface area contributed by atoms with Crippen LogP contribution in [0.4, 0.5) is 0 Å². The summed E-state index contributed by atoms with van der Waals surface area (Å²) in [6.45, 7) is 13.4. The van der Waals surface area contributed by atoms with Crippen molar-refractivity contribution in [2.45, 2.75) is 73.8 Å². The molecule has 1 heterocycles. The van der Waals surface area contributed by atoms with Gasteiger partial charge in [-0.1, -0.05) is 41.5 Å². The molecule has 0 radical (unpaired) electrons. The molecule has 0 spiro atoms. The van der Waals surface area contributed by atoms with Gasteiger partial charge in [0.05, 0.1) is 20.0 Å². The summed E-state index contributed by atoms with van der Waals surface area (Å²) in [5.74, 6) is -2.52. The maximum Gasteiger partial charge on any atom is 0.311 e. The number of methoxy groups -OCH3 is 1. The summed E-state index contributed by atoms with van der Waals surface area (Å²) in [7, 11) is 1.45. The maximum absolute atomic E-state index is 14.1. The standard InChI is InChI=1S/C27H36O7/c1-13-9-17(33-20(29)12-25(3,4)5)24(31)27(7)15(13)10-18-26(6)16(11-19(28)34-18)14(2)22(32-8)21(30)23(26)27/h9,13,15-16,18,23H,10-12H2,1-8H3/t13-,15+,16+,18-,23+,26-,27+/m1/s1. The summed E-state index contributed by atoms with van der Waals surface area (Å²) in [5.41, 5.74) is -1.43. The van der Waals surface area contributed by atoms with Crippen molar-refractivity contribution in [1.29, 1.82) is 0 Å². The minimum Gasteiger partial charge on any atom is -0.493 e. The van der Waals surface area contributed by atoms with E-state index in [4.69, 9.17) is 14.2 Å². The molecule has 0 amide bonds. The number of hydrogen-bond donors (Lipinski definition) is 0. The van der Waals surface area contributed by atoms with Gasteiger partial charge in [0, 0.05) is 22.7 Å². The summed E-state index contributed by atoms with van der Waals surface area (Å²) in [6.07, 6.45) is 2.01. The van der Waals surface area contributed by atoms with Gasteiger partial charge >= 0.3 is 11.9 Å². The first-order valence-electron chi connectivity index (χ1n) is 12.1. The van der Waals surface area contributed by atoms with Crippen molar-refractivity contribution in [3.05, 3.63) is 23.2 Å². The number of esters is 2. The first-order valence-corrected chi connectivity index (χ1v) is 12.1. The number of fused-ring (bicyclic) bond motifs is 2. The predicted octanol–water partition coefficient (Wildman–Crippen LogP) is 4.15. The summed E-state index contributed by atoms with van der Waals surface area (Å²) >= 11 is 0. The Bertz CT molecular complexity index is 1030. The Balaban J connectivity index is 1.83. The minimum atomic E-state index is -1.12. The molecule has 0 aromatic rings. The third kappa shape index (κ3) is 3.37. The van der Waals surface area contributed by atoms with Crippen molar-refractivity contribution in [3.63, 3.8) is 0 Å². The van der Waals surface area contributed by atoms with Gasteiger partial charge in [0.2, 0.25) is 11.6 Å². The fourth-order valence-corrected chi connectivity index (χ4v) is 7.32. The molecule has 7 atom stereocenters. The molecule has 0 N–H and O–H groups in total. The second-order valence-corrected chi connectivity index (χ2v) is 12.2. The van der Waals surface area contributed by atoms with Gasteiger partial charge in [-0.2, -0.15) is 0 Å². The lowest BCUT2D eigenvalue weighted by molar-refractivity contribution is -0.217. The van der Waals surface area contributed by atoms with Crippen molar-refractivity contribution in [3.8, 4) is 0 Å². The number of ketones is 2. The Labute approximate surface area is 201 Å². The van der Waals surface area contributed by atoms with Crippen LogP contribution in [0.25, 0.3) is 0 Å². The summed E-state index contributed by atoms with van der Waals surface area (Å²) in [4.78, 5) is 53.2. The highest BCUT2D eigenvalue weighted by Crippen LogP contribution is 2.67. The van der Waals surface area contributed by atoms with E-state index in [9.17, 15) is 19.2 Å². The van der Waals surface area contributed by atoms with E-state index in [0.29, 0.717) is 6.42 Å². The second kappa shape index (κ2) is 7.79. The molecule has 4 rings (SSSR count). The zero-order chi connectivity index (χ0) is 25.4. The molecule has 4 aliphatic rings. The topological polar surface area (TPSA) is 96.0 Å². The summed E-state index contributed by atoms with van der Waals surface area (Å²) in [5, 5.41) is 0. The van der Waals surface area contributed by atoms with E-state index in [1.165, 1.54) is 7.11 Å². The molecular formula is C27H36O7. The average Bonchev–Trinajstić information content (AvgIpc) is 2.69. The van der Waals surface area contributed by atoms with Crippen LogP contribution in [0.5, 0.6) is 0 Å². The highest BCUT2D eigenvalue weighted by molar-refractivity contribution is 6.08. The van der Waals surface area contributed by atoms with Gasteiger partial charge < -0.3 is 14.2 Å². The molecule has 7 heteroatoms. The van der Waals surface area contributed by atoms with Gasteiger partial charge in [0.1, 0.15) is 6.10 Å². The molecule has 0 bridgehead atoms. The van der Waals surface area contributed by atoms with Crippen LogP contribution in [0.3, 0.4) is 0 Å². The van der Waals surface area contributed by atoms with Gasteiger partial charge in [-0.3, -0.25) is 19.2 Å². The third-order valence-electron chi connectivity index (χ3n) is 8.78. The van der Waals surface area contributed by atoms with Crippen LogP contribution in [0, 0.1) is 39.9 Å². The Morgan fingerprint density at radius 1 is 1.21 bits per heavy atom. The summed E-state index contributed by atoms with van der Waals surface area (Å²) < 4.78 is 17.0. The van der Waals surface area contributed by atoms with Gasteiger partial charge in [-0.15, -0.1) is 0 Å². The normalized spacial score (nSPS) is 39.6. The molecule has 1 saturated carbocycles. The molecular weight excluding hydrogens is 436 g/mol. The summed E-state index contributed by atoms with van der Waals surface area (Å²) in [6, 6.07) is 0. The zero-order valence-electron chi connectivity index (χ0n) is 21.4. The Hall–Kier alpha value is -2.44. The molecule has 1 saturated heterocycles. The molecule has 3 aliphatic carbocycles. The Kier molecular flexibility index (Phi) is 5.65. The molecule has 0 aromatic carbocycles. The van der Waals surface area contributed by atoms with Crippen LogP contribution in [0.15, 0.2) is 23.2 Å². The first-order chi connectivity index (χ1) is 15.7. The smallest absolute Gasteiger partial charge is 0.311 e. The van der Waals surface area contributed by atoms with Crippen molar-refractivity contribution >= 4 is 23.5 Å². The predicted molar refractivity (Wildman–Crippen MR) is 123 cm³/mol. The van der Waals surface area contributed by atoms with Crippen molar-refractivity contribution in [2.75, 3.05) is 7.11 Å². The molecule has 186 valence electrons. The van der Waals surface area contributed by atoms with Gasteiger partial charge in [-0.25, -0.2) is 0 Å². The molecule has 7 nitrogen and oxygen atoms in total. The van der Waals surface area contributed by atoms with Crippen LogP contribution in [0.2, 0.25) is 0 Å². The van der Waals surface area contributed by atoms with E-state index in [2.05, 4.69) is 0 Å². The number of carbonyl (C=O) groups is 4. The zero-order valence-corrected chi connectivity index (χ0v) is 21.4. The van der Waals surface area contributed by atoms with Crippen LogP contribution in [-0.4, -0.2) is 36.7 Å². The lowest BCUT2D eigenvalue weighted by Crippen LogP contribution is -2.69. The highest BCUT2D eigenvalue weighted by atomic mass is 16.5.